The number of aliphatic imine (C=N–C) groups is 1. The number of ether oxygens (including phenoxy) is 3. The van der Waals surface area contributed by atoms with Crippen LogP contribution in [0.5, 0.6) is 11.5 Å². The maximum absolute atomic E-state index is 5.59. The van der Waals surface area contributed by atoms with Crippen LogP contribution in [-0.2, 0) is 11.3 Å². The quantitative estimate of drug-likeness (QED) is 0.241. The third kappa shape index (κ3) is 9.74. The van der Waals surface area contributed by atoms with Gasteiger partial charge in [-0.3, -0.25) is 4.99 Å². The lowest BCUT2D eigenvalue weighted by Crippen LogP contribution is -2.38. The first kappa shape index (κ1) is 23.8. The van der Waals surface area contributed by atoms with Gasteiger partial charge in [0, 0.05) is 38.4 Å². The summed E-state index contributed by atoms with van der Waals surface area (Å²) in [5, 5.41) is 6.51. The monoisotopic (exact) mass is 465 g/mol. The van der Waals surface area contributed by atoms with Crippen LogP contribution >= 0.6 is 24.0 Å². The summed E-state index contributed by atoms with van der Waals surface area (Å²) < 4.78 is 16.2. The van der Waals surface area contributed by atoms with Gasteiger partial charge in [-0.25, -0.2) is 0 Å². The first-order valence-electron chi connectivity index (χ1n) is 8.33. The van der Waals surface area contributed by atoms with Crippen molar-refractivity contribution in [3.8, 4) is 11.5 Å². The molecule has 2 N–H and O–H groups in total. The number of methoxy groups -OCH3 is 2. The predicted molar refractivity (Wildman–Crippen MR) is 113 cm³/mol. The summed E-state index contributed by atoms with van der Waals surface area (Å²) in [5.41, 5.74) is 1.04. The van der Waals surface area contributed by atoms with Crippen molar-refractivity contribution < 1.29 is 14.2 Å². The standard InChI is InChI=1S/C18H31N3O3.HI/c1-14(2)8-10-24-11-9-20-18(19-3)21-13-15-6-7-16(22-4)12-17(15)23-5;/h6-7,12,14H,8-11,13H2,1-5H3,(H2,19,20,21);1H. The molecule has 0 spiro atoms. The van der Waals surface area contributed by atoms with Crippen molar-refractivity contribution in [3.63, 3.8) is 0 Å². The third-order valence-electron chi connectivity index (χ3n) is 3.54. The van der Waals surface area contributed by atoms with E-state index in [0.29, 0.717) is 19.1 Å². The van der Waals surface area contributed by atoms with Crippen molar-refractivity contribution in [2.75, 3.05) is 41.0 Å². The molecule has 6 nitrogen and oxygen atoms in total. The summed E-state index contributed by atoms with van der Waals surface area (Å²) in [6.45, 7) is 7.19. The number of nitrogens with zero attached hydrogens (tertiary/aromatic N) is 1. The minimum Gasteiger partial charge on any atom is -0.497 e. The van der Waals surface area contributed by atoms with E-state index in [1.807, 2.05) is 18.2 Å². The molecule has 0 bridgehead atoms. The summed E-state index contributed by atoms with van der Waals surface area (Å²) in [6, 6.07) is 5.76. The summed E-state index contributed by atoms with van der Waals surface area (Å²) in [4.78, 5) is 4.21. The smallest absolute Gasteiger partial charge is 0.191 e. The molecule has 144 valence electrons. The molecule has 0 aromatic heterocycles. The largest absolute Gasteiger partial charge is 0.497 e. The van der Waals surface area contributed by atoms with Crippen LogP contribution in [0.4, 0.5) is 0 Å². The molecule has 7 heteroatoms. The molecule has 1 aromatic carbocycles. The highest BCUT2D eigenvalue weighted by molar-refractivity contribution is 14.0. The predicted octanol–water partition coefficient (Wildman–Crippen LogP) is 3.05. The summed E-state index contributed by atoms with van der Waals surface area (Å²) in [6.07, 6.45) is 1.09. The molecule has 0 aliphatic heterocycles. The molecule has 1 rings (SSSR count). The molecule has 1 aromatic rings. The Morgan fingerprint density at radius 2 is 1.88 bits per heavy atom. The Hall–Kier alpha value is -1.22. The molecule has 0 aliphatic rings. The van der Waals surface area contributed by atoms with Gasteiger partial charge in [-0.05, 0) is 24.5 Å². The summed E-state index contributed by atoms with van der Waals surface area (Å²) >= 11 is 0. The molecule has 0 saturated heterocycles. The second-order valence-electron chi connectivity index (χ2n) is 5.83. The molecular weight excluding hydrogens is 433 g/mol. The van der Waals surface area contributed by atoms with E-state index in [-0.39, 0.29) is 24.0 Å². The summed E-state index contributed by atoms with van der Waals surface area (Å²) in [7, 11) is 5.04. The van der Waals surface area contributed by atoms with Crippen LogP contribution in [-0.4, -0.2) is 47.0 Å². The van der Waals surface area contributed by atoms with E-state index >= 15 is 0 Å². The molecule has 0 radical (unpaired) electrons. The third-order valence-corrected chi connectivity index (χ3v) is 3.54. The van der Waals surface area contributed by atoms with E-state index in [1.165, 1.54) is 0 Å². The second-order valence-corrected chi connectivity index (χ2v) is 5.83. The number of hydrogen-bond acceptors (Lipinski definition) is 4. The fraction of sp³-hybridized carbons (Fsp3) is 0.611. The van der Waals surface area contributed by atoms with Gasteiger partial charge in [-0.2, -0.15) is 0 Å². The van der Waals surface area contributed by atoms with E-state index in [9.17, 15) is 0 Å². The van der Waals surface area contributed by atoms with E-state index < -0.39 is 0 Å². The Morgan fingerprint density at radius 1 is 1.12 bits per heavy atom. The van der Waals surface area contributed by atoms with Crippen LogP contribution < -0.4 is 20.1 Å². The van der Waals surface area contributed by atoms with E-state index in [2.05, 4.69) is 29.5 Å². The van der Waals surface area contributed by atoms with Crippen LogP contribution in [0.1, 0.15) is 25.8 Å². The highest BCUT2D eigenvalue weighted by atomic mass is 127. The second kappa shape index (κ2) is 14.0. The molecule has 0 atom stereocenters. The van der Waals surface area contributed by atoms with Crippen molar-refractivity contribution in [1.82, 2.24) is 10.6 Å². The molecule has 0 heterocycles. The van der Waals surface area contributed by atoms with Crippen molar-refractivity contribution in [3.05, 3.63) is 23.8 Å². The van der Waals surface area contributed by atoms with E-state index in [4.69, 9.17) is 14.2 Å². The lowest BCUT2D eigenvalue weighted by Gasteiger charge is -2.14. The van der Waals surface area contributed by atoms with E-state index in [0.717, 1.165) is 42.6 Å². The van der Waals surface area contributed by atoms with Gasteiger partial charge < -0.3 is 24.8 Å². The van der Waals surface area contributed by atoms with Crippen LogP contribution in [0, 0.1) is 5.92 Å². The molecule has 0 unspecified atom stereocenters. The Labute approximate surface area is 168 Å². The van der Waals surface area contributed by atoms with Gasteiger partial charge in [-0.1, -0.05) is 13.8 Å². The zero-order valence-electron chi connectivity index (χ0n) is 15.9. The zero-order chi connectivity index (χ0) is 17.8. The SMILES string of the molecule is CN=C(NCCOCCC(C)C)NCc1ccc(OC)cc1OC.I. The minimum absolute atomic E-state index is 0. The Bertz CT molecular complexity index is 510. The van der Waals surface area contributed by atoms with Gasteiger partial charge >= 0.3 is 0 Å². The average molecular weight is 465 g/mol. The Kier molecular flexibility index (Phi) is 13.3. The van der Waals surface area contributed by atoms with Crippen LogP contribution in [0.15, 0.2) is 23.2 Å². The van der Waals surface area contributed by atoms with Crippen LogP contribution in [0.3, 0.4) is 0 Å². The fourth-order valence-electron chi connectivity index (χ4n) is 2.06. The molecule has 0 amide bonds. The van der Waals surface area contributed by atoms with Gasteiger partial charge in [0.2, 0.25) is 0 Å². The number of rotatable bonds is 10. The molecular formula is C18H32IN3O3. The maximum atomic E-state index is 5.59. The van der Waals surface area contributed by atoms with Gasteiger partial charge in [-0.15, -0.1) is 24.0 Å². The maximum Gasteiger partial charge on any atom is 0.191 e. The topological polar surface area (TPSA) is 64.1 Å². The number of hydrogen-bond donors (Lipinski definition) is 2. The lowest BCUT2D eigenvalue weighted by molar-refractivity contribution is 0.128. The van der Waals surface area contributed by atoms with Gasteiger partial charge in [0.1, 0.15) is 11.5 Å². The highest BCUT2D eigenvalue weighted by Gasteiger charge is 2.06. The fourth-order valence-corrected chi connectivity index (χ4v) is 2.06. The minimum atomic E-state index is 0. The van der Waals surface area contributed by atoms with Gasteiger partial charge in [0.25, 0.3) is 0 Å². The van der Waals surface area contributed by atoms with Crippen molar-refractivity contribution in [1.29, 1.82) is 0 Å². The van der Waals surface area contributed by atoms with Gasteiger partial charge in [0.15, 0.2) is 5.96 Å². The average Bonchev–Trinajstić information content (AvgIpc) is 2.60. The number of nitrogens with one attached hydrogen (secondary N) is 2. The first-order valence-corrected chi connectivity index (χ1v) is 8.33. The summed E-state index contributed by atoms with van der Waals surface area (Å²) in [5.74, 6) is 2.97. The van der Waals surface area contributed by atoms with Gasteiger partial charge in [0.05, 0.1) is 20.8 Å². The van der Waals surface area contributed by atoms with Crippen LogP contribution in [0.2, 0.25) is 0 Å². The molecule has 25 heavy (non-hydrogen) atoms. The zero-order valence-corrected chi connectivity index (χ0v) is 18.3. The van der Waals surface area contributed by atoms with Crippen molar-refractivity contribution >= 4 is 29.9 Å². The number of halogens is 1. The van der Waals surface area contributed by atoms with Crippen molar-refractivity contribution in [2.24, 2.45) is 10.9 Å². The Balaban J connectivity index is 0.00000576. The normalized spacial score (nSPS) is 11.0. The van der Waals surface area contributed by atoms with Crippen molar-refractivity contribution in [2.45, 2.75) is 26.8 Å². The highest BCUT2D eigenvalue weighted by Crippen LogP contribution is 2.24. The molecule has 0 fully saturated rings. The van der Waals surface area contributed by atoms with E-state index in [1.54, 1.807) is 21.3 Å². The number of guanidine groups is 1. The van der Waals surface area contributed by atoms with Crippen LogP contribution in [0.25, 0.3) is 0 Å². The lowest BCUT2D eigenvalue weighted by atomic mass is 10.1. The Morgan fingerprint density at radius 3 is 2.48 bits per heavy atom. The molecule has 0 saturated carbocycles. The molecule has 0 aliphatic carbocycles. The number of benzene rings is 1. The first-order chi connectivity index (χ1) is 11.6.